The van der Waals surface area contributed by atoms with Crippen LogP contribution in [0.15, 0.2) is 30.6 Å². The van der Waals surface area contributed by atoms with E-state index >= 15 is 0 Å². The summed E-state index contributed by atoms with van der Waals surface area (Å²) in [5.41, 5.74) is 7.38. The van der Waals surface area contributed by atoms with Gasteiger partial charge < -0.3 is 5.73 Å². The van der Waals surface area contributed by atoms with E-state index in [9.17, 15) is 0 Å². The molecule has 1 aromatic carbocycles. The quantitative estimate of drug-likeness (QED) is 0.748. The number of hydrogen-bond acceptors (Lipinski definition) is 4. The molecule has 2 heterocycles. The number of aromatic nitrogens is 3. The van der Waals surface area contributed by atoms with Crippen LogP contribution in [0.25, 0.3) is 16.6 Å². The number of nitrogen functional groups attached to an aromatic ring is 1. The normalized spacial score (nSPS) is 10.7. The minimum absolute atomic E-state index is 0.341. The topological polar surface area (TPSA) is 80.5 Å². The fraction of sp³-hybridized carbons (Fsp3) is 0. The van der Waals surface area contributed by atoms with Gasteiger partial charge in [-0.1, -0.05) is 23.2 Å². The van der Waals surface area contributed by atoms with Gasteiger partial charge in [0, 0.05) is 12.4 Å². The van der Waals surface area contributed by atoms with Crippen molar-refractivity contribution in [2.75, 3.05) is 5.73 Å². The number of rotatable bonds is 1. The molecule has 0 fully saturated rings. The lowest BCUT2D eigenvalue weighted by molar-refractivity contribution is 0.896. The summed E-state index contributed by atoms with van der Waals surface area (Å²) in [6.45, 7) is 0. The van der Waals surface area contributed by atoms with E-state index in [0.29, 0.717) is 38.0 Å². The van der Waals surface area contributed by atoms with Crippen molar-refractivity contribution in [3.05, 3.63) is 46.2 Å². The first-order valence-electron chi connectivity index (χ1n) is 5.59. The molecule has 3 aromatic rings. The average Bonchev–Trinajstić information content (AvgIpc) is 2.82. The molecule has 0 unspecified atom stereocenters. The van der Waals surface area contributed by atoms with Gasteiger partial charge in [0.1, 0.15) is 11.5 Å². The van der Waals surface area contributed by atoms with Crippen LogP contribution < -0.4 is 5.73 Å². The summed E-state index contributed by atoms with van der Waals surface area (Å²) in [5, 5.41) is 14.6. The number of hydrogen-bond donors (Lipinski definition) is 1. The number of nitrogens with zero attached hydrogens (tertiary/aromatic N) is 4. The van der Waals surface area contributed by atoms with E-state index in [1.807, 2.05) is 6.07 Å². The summed E-state index contributed by atoms with van der Waals surface area (Å²) in [4.78, 5) is 4.00. The minimum Gasteiger partial charge on any atom is -0.383 e. The molecule has 0 saturated carbocycles. The van der Waals surface area contributed by atoms with Gasteiger partial charge in [-0.3, -0.25) is 0 Å². The van der Waals surface area contributed by atoms with Crippen molar-refractivity contribution in [1.29, 1.82) is 5.26 Å². The molecule has 98 valence electrons. The van der Waals surface area contributed by atoms with Crippen LogP contribution >= 0.6 is 23.2 Å². The first-order chi connectivity index (χ1) is 9.60. The van der Waals surface area contributed by atoms with Crippen molar-refractivity contribution in [3.63, 3.8) is 0 Å². The fourth-order valence-corrected chi connectivity index (χ4v) is 2.59. The second-order valence-corrected chi connectivity index (χ2v) is 4.92. The highest BCUT2D eigenvalue weighted by molar-refractivity contribution is 6.38. The zero-order chi connectivity index (χ0) is 14.3. The molecular weight excluding hydrogens is 297 g/mol. The molecule has 5 nitrogen and oxygen atoms in total. The van der Waals surface area contributed by atoms with Crippen molar-refractivity contribution in [3.8, 4) is 11.8 Å². The van der Waals surface area contributed by atoms with Gasteiger partial charge in [0.15, 0.2) is 0 Å². The lowest BCUT2D eigenvalue weighted by atomic mass is 10.2. The van der Waals surface area contributed by atoms with Crippen molar-refractivity contribution in [2.45, 2.75) is 0 Å². The van der Waals surface area contributed by atoms with E-state index in [2.05, 4.69) is 10.1 Å². The number of benzene rings is 1. The largest absolute Gasteiger partial charge is 0.383 e. The number of halogens is 2. The summed E-state index contributed by atoms with van der Waals surface area (Å²) in [7, 11) is 0. The summed E-state index contributed by atoms with van der Waals surface area (Å²) in [6.07, 6.45) is 3.29. The molecule has 0 aliphatic rings. The van der Waals surface area contributed by atoms with Crippen LogP contribution in [-0.2, 0) is 0 Å². The molecule has 0 atom stereocenters. The summed E-state index contributed by atoms with van der Waals surface area (Å²) < 4.78 is 1.54. The van der Waals surface area contributed by atoms with E-state index in [1.54, 1.807) is 18.5 Å². The number of nitrogens with two attached hydrogens (primary N) is 1. The SMILES string of the molecule is N#Cc1cc(Cl)c(-n2cc3c(N)nccc3n2)c(Cl)c1. The Morgan fingerprint density at radius 1 is 1.25 bits per heavy atom. The predicted molar refractivity (Wildman–Crippen MR) is 78.0 cm³/mol. The van der Waals surface area contributed by atoms with Crippen molar-refractivity contribution in [1.82, 2.24) is 14.8 Å². The molecule has 7 heteroatoms. The van der Waals surface area contributed by atoms with Crippen LogP contribution in [0, 0.1) is 11.3 Å². The van der Waals surface area contributed by atoms with Gasteiger partial charge in [-0.2, -0.15) is 10.4 Å². The van der Waals surface area contributed by atoms with E-state index in [1.165, 1.54) is 16.8 Å². The third-order valence-electron chi connectivity index (χ3n) is 2.84. The van der Waals surface area contributed by atoms with Gasteiger partial charge in [0.2, 0.25) is 0 Å². The van der Waals surface area contributed by atoms with Crippen LogP contribution in [0.3, 0.4) is 0 Å². The van der Waals surface area contributed by atoms with Crippen molar-refractivity contribution in [2.24, 2.45) is 0 Å². The van der Waals surface area contributed by atoms with Gasteiger partial charge in [0.05, 0.1) is 32.6 Å². The van der Waals surface area contributed by atoms with E-state index in [0.717, 1.165) is 0 Å². The lowest BCUT2D eigenvalue weighted by Crippen LogP contribution is -1.97. The standard InChI is InChI=1S/C13H7Cl2N5/c14-9-3-7(5-16)4-10(15)12(9)20-6-8-11(19-20)1-2-18-13(8)17/h1-4,6H,(H2,17,18). The third kappa shape index (κ3) is 1.95. The maximum Gasteiger partial charge on any atom is 0.134 e. The van der Waals surface area contributed by atoms with Crippen LogP contribution in [-0.4, -0.2) is 14.8 Å². The minimum atomic E-state index is 0.341. The smallest absolute Gasteiger partial charge is 0.134 e. The maximum atomic E-state index is 8.88. The molecule has 0 bridgehead atoms. The second kappa shape index (κ2) is 4.67. The van der Waals surface area contributed by atoms with Gasteiger partial charge in [-0.05, 0) is 18.2 Å². The Hall–Kier alpha value is -2.29. The Labute approximate surface area is 124 Å². The van der Waals surface area contributed by atoms with Crippen LogP contribution in [0.5, 0.6) is 0 Å². The zero-order valence-electron chi connectivity index (χ0n) is 10.0. The van der Waals surface area contributed by atoms with Crippen molar-refractivity contribution >= 4 is 39.9 Å². The number of fused-ring (bicyclic) bond motifs is 1. The van der Waals surface area contributed by atoms with E-state index < -0.39 is 0 Å². The summed E-state index contributed by atoms with van der Waals surface area (Å²) in [5.74, 6) is 0.384. The number of anilines is 1. The Balaban J connectivity index is 2.26. The van der Waals surface area contributed by atoms with E-state index in [4.69, 9.17) is 34.2 Å². The van der Waals surface area contributed by atoms with Crippen molar-refractivity contribution < 1.29 is 0 Å². The molecule has 0 saturated heterocycles. The third-order valence-corrected chi connectivity index (χ3v) is 3.42. The second-order valence-electron chi connectivity index (χ2n) is 4.10. The van der Waals surface area contributed by atoms with Gasteiger partial charge in [-0.15, -0.1) is 0 Å². The average molecular weight is 304 g/mol. The van der Waals surface area contributed by atoms with Gasteiger partial charge in [-0.25, -0.2) is 9.67 Å². The van der Waals surface area contributed by atoms with Gasteiger partial charge in [0.25, 0.3) is 0 Å². The van der Waals surface area contributed by atoms with Crippen LogP contribution in [0.2, 0.25) is 10.0 Å². The van der Waals surface area contributed by atoms with Gasteiger partial charge >= 0.3 is 0 Å². The highest BCUT2D eigenvalue weighted by Crippen LogP contribution is 2.31. The fourth-order valence-electron chi connectivity index (χ4n) is 1.93. The van der Waals surface area contributed by atoms with Crippen LogP contribution in [0.4, 0.5) is 5.82 Å². The molecule has 0 spiro atoms. The van der Waals surface area contributed by atoms with Crippen LogP contribution in [0.1, 0.15) is 5.56 Å². The first kappa shape index (κ1) is 12.7. The lowest BCUT2D eigenvalue weighted by Gasteiger charge is -2.07. The molecule has 20 heavy (non-hydrogen) atoms. The Morgan fingerprint density at radius 2 is 1.95 bits per heavy atom. The Morgan fingerprint density at radius 3 is 2.55 bits per heavy atom. The molecule has 0 aliphatic carbocycles. The highest BCUT2D eigenvalue weighted by Gasteiger charge is 2.13. The molecular formula is C13H7Cl2N5. The molecule has 3 rings (SSSR count). The molecule has 2 aromatic heterocycles. The number of nitriles is 1. The summed E-state index contributed by atoms with van der Waals surface area (Å²) in [6, 6.07) is 6.81. The number of pyridine rings is 1. The molecule has 0 amide bonds. The molecule has 2 N–H and O–H groups in total. The Bertz CT molecular complexity index is 840. The summed E-state index contributed by atoms with van der Waals surface area (Å²) >= 11 is 12.3. The zero-order valence-corrected chi connectivity index (χ0v) is 11.5. The monoisotopic (exact) mass is 303 g/mol. The Kier molecular flexibility index (Phi) is 2.97. The highest BCUT2D eigenvalue weighted by atomic mass is 35.5. The van der Waals surface area contributed by atoms with E-state index in [-0.39, 0.29) is 0 Å². The predicted octanol–water partition coefficient (Wildman–Crippen LogP) is 3.18. The molecule has 0 aliphatic heterocycles. The maximum absolute atomic E-state index is 8.88. The molecule has 0 radical (unpaired) electrons. The first-order valence-corrected chi connectivity index (χ1v) is 6.35.